The van der Waals surface area contributed by atoms with Crippen molar-refractivity contribution in [2.75, 3.05) is 18.1 Å². The molecule has 0 aliphatic heterocycles. The van der Waals surface area contributed by atoms with Crippen molar-refractivity contribution >= 4 is 22.3 Å². The second kappa shape index (κ2) is 2.94. The zero-order chi connectivity index (χ0) is 9.26. The highest BCUT2D eigenvalue weighted by Crippen LogP contribution is 2.25. The highest BCUT2D eigenvalue weighted by molar-refractivity contribution is 5.95. The Hall–Kier alpha value is -1.77. The third-order valence-electron chi connectivity index (χ3n) is 2.08. The van der Waals surface area contributed by atoms with Gasteiger partial charge in [-0.2, -0.15) is 0 Å². The lowest BCUT2D eigenvalue weighted by atomic mass is 10.1. The molecule has 0 bridgehead atoms. The predicted molar refractivity (Wildman–Crippen MR) is 55.7 cm³/mol. The summed E-state index contributed by atoms with van der Waals surface area (Å²) in [6, 6.07) is 7.86. The van der Waals surface area contributed by atoms with Gasteiger partial charge in [0.15, 0.2) is 0 Å². The smallest absolute Gasteiger partial charge is 0.0952 e. The lowest BCUT2D eigenvalue weighted by Gasteiger charge is -2.06. The molecule has 0 saturated heterocycles. The van der Waals surface area contributed by atoms with Gasteiger partial charge in [-0.25, -0.2) is 0 Å². The maximum Gasteiger partial charge on any atom is 0.0952 e. The van der Waals surface area contributed by atoms with Crippen LogP contribution in [0.4, 0.5) is 11.4 Å². The van der Waals surface area contributed by atoms with Crippen LogP contribution < -0.4 is 11.1 Å². The summed E-state index contributed by atoms with van der Waals surface area (Å²) in [4.78, 5) is 4.22. The first-order chi connectivity index (χ1) is 6.33. The van der Waals surface area contributed by atoms with Crippen molar-refractivity contribution in [1.82, 2.24) is 4.98 Å². The highest BCUT2D eigenvalue weighted by atomic mass is 14.9. The number of aromatic nitrogens is 1. The molecule has 0 amide bonds. The largest absolute Gasteiger partial charge is 0.395 e. The molecule has 2 rings (SSSR count). The van der Waals surface area contributed by atoms with Gasteiger partial charge in [-0.3, -0.25) is 4.98 Å². The standard InChI is InChI=1S/C10H11N3/c1-12-8-5-4-7-3-2-6-13-10(7)9(8)11/h2-6,12H,11H2,1H3. The Bertz CT molecular complexity index is 437. The third-order valence-corrected chi connectivity index (χ3v) is 2.08. The molecule has 0 atom stereocenters. The Balaban J connectivity index is 2.79. The van der Waals surface area contributed by atoms with E-state index in [2.05, 4.69) is 10.3 Å². The SMILES string of the molecule is CNc1ccc2cccnc2c1N. The van der Waals surface area contributed by atoms with Crippen molar-refractivity contribution in [1.29, 1.82) is 0 Å². The van der Waals surface area contributed by atoms with E-state index in [9.17, 15) is 0 Å². The van der Waals surface area contributed by atoms with E-state index < -0.39 is 0 Å². The number of fused-ring (bicyclic) bond motifs is 1. The van der Waals surface area contributed by atoms with Crippen LogP contribution in [0.1, 0.15) is 0 Å². The average Bonchev–Trinajstić information content (AvgIpc) is 2.19. The molecule has 3 N–H and O–H groups in total. The highest BCUT2D eigenvalue weighted by Gasteiger charge is 2.02. The Labute approximate surface area is 76.6 Å². The van der Waals surface area contributed by atoms with Crippen molar-refractivity contribution in [3.63, 3.8) is 0 Å². The van der Waals surface area contributed by atoms with Crippen LogP contribution >= 0.6 is 0 Å². The van der Waals surface area contributed by atoms with Crippen LogP contribution in [-0.2, 0) is 0 Å². The predicted octanol–water partition coefficient (Wildman–Crippen LogP) is 1.86. The molecule has 13 heavy (non-hydrogen) atoms. The van der Waals surface area contributed by atoms with Gasteiger partial charge >= 0.3 is 0 Å². The molecule has 0 saturated carbocycles. The van der Waals surface area contributed by atoms with Gasteiger partial charge in [0.1, 0.15) is 0 Å². The Morgan fingerprint density at radius 3 is 2.92 bits per heavy atom. The lowest BCUT2D eigenvalue weighted by Crippen LogP contribution is -1.97. The molecule has 0 aliphatic carbocycles. The summed E-state index contributed by atoms with van der Waals surface area (Å²) < 4.78 is 0. The molecular formula is C10H11N3. The molecule has 66 valence electrons. The molecule has 0 spiro atoms. The number of benzene rings is 1. The monoisotopic (exact) mass is 173 g/mol. The molecule has 1 aromatic heterocycles. The lowest BCUT2D eigenvalue weighted by molar-refractivity contribution is 1.40. The first kappa shape index (κ1) is 7.86. The maximum atomic E-state index is 5.90. The minimum atomic E-state index is 0.709. The van der Waals surface area contributed by atoms with Crippen molar-refractivity contribution in [3.05, 3.63) is 30.5 Å². The summed E-state index contributed by atoms with van der Waals surface area (Å²) in [5, 5.41) is 4.09. The van der Waals surface area contributed by atoms with Crippen molar-refractivity contribution in [2.45, 2.75) is 0 Å². The molecule has 0 aliphatic rings. The average molecular weight is 173 g/mol. The van der Waals surface area contributed by atoms with Gasteiger partial charge in [-0.05, 0) is 12.1 Å². The number of rotatable bonds is 1. The molecule has 1 heterocycles. The molecule has 3 nitrogen and oxygen atoms in total. The Morgan fingerprint density at radius 2 is 2.15 bits per heavy atom. The zero-order valence-electron chi connectivity index (χ0n) is 7.41. The maximum absolute atomic E-state index is 5.90. The van der Waals surface area contributed by atoms with Crippen LogP contribution in [0.15, 0.2) is 30.5 Å². The molecule has 0 radical (unpaired) electrons. The summed E-state index contributed by atoms with van der Waals surface area (Å²) >= 11 is 0. The van der Waals surface area contributed by atoms with Crippen LogP contribution in [0.2, 0.25) is 0 Å². The number of nitrogens with two attached hydrogens (primary N) is 1. The summed E-state index contributed by atoms with van der Waals surface area (Å²) in [5.74, 6) is 0. The molecular weight excluding hydrogens is 162 g/mol. The van der Waals surface area contributed by atoms with E-state index in [1.54, 1.807) is 6.20 Å². The number of pyridine rings is 1. The summed E-state index contributed by atoms with van der Waals surface area (Å²) in [5.41, 5.74) is 8.39. The van der Waals surface area contributed by atoms with Gasteiger partial charge in [0.25, 0.3) is 0 Å². The van der Waals surface area contributed by atoms with Crippen LogP contribution in [0.5, 0.6) is 0 Å². The van der Waals surface area contributed by atoms with Gasteiger partial charge in [0.2, 0.25) is 0 Å². The van der Waals surface area contributed by atoms with E-state index in [1.807, 2.05) is 31.3 Å². The third kappa shape index (κ3) is 1.18. The van der Waals surface area contributed by atoms with Crippen LogP contribution in [0.3, 0.4) is 0 Å². The molecule has 3 heteroatoms. The molecule has 0 fully saturated rings. The van der Waals surface area contributed by atoms with Crippen LogP contribution in [0, 0.1) is 0 Å². The van der Waals surface area contributed by atoms with E-state index in [4.69, 9.17) is 5.73 Å². The first-order valence-corrected chi connectivity index (χ1v) is 4.14. The van der Waals surface area contributed by atoms with Gasteiger partial charge < -0.3 is 11.1 Å². The first-order valence-electron chi connectivity index (χ1n) is 4.14. The van der Waals surface area contributed by atoms with Crippen molar-refractivity contribution < 1.29 is 0 Å². The van der Waals surface area contributed by atoms with E-state index in [0.29, 0.717) is 5.69 Å². The number of hydrogen-bond donors (Lipinski definition) is 2. The van der Waals surface area contributed by atoms with Gasteiger partial charge in [0, 0.05) is 18.6 Å². The van der Waals surface area contributed by atoms with E-state index >= 15 is 0 Å². The van der Waals surface area contributed by atoms with E-state index in [1.165, 1.54) is 0 Å². The van der Waals surface area contributed by atoms with Crippen molar-refractivity contribution in [2.24, 2.45) is 0 Å². The minimum absolute atomic E-state index is 0.709. The van der Waals surface area contributed by atoms with Crippen LogP contribution in [-0.4, -0.2) is 12.0 Å². The topological polar surface area (TPSA) is 50.9 Å². The van der Waals surface area contributed by atoms with Crippen LogP contribution in [0.25, 0.3) is 10.9 Å². The van der Waals surface area contributed by atoms with Crippen molar-refractivity contribution in [3.8, 4) is 0 Å². The molecule has 2 aromatic rings. The van der Waals surface area contributed by atoms with Gasteiger partial charge in [0.05, 0.1) is 16.9 Å². The summed E-state index contributed by atoms with van der Waals surface area (Å²) in [7, 11) is 1.85. The fourth-order valence-electron chi connectivity index (χ4n) is 1.39. The quantitative estimate of drug-likeness (QED) is 0.647. The Kier molecular flexibility index (Phi) is 1.77. The number of anilines is 2. The fraction of sp³-hybridized carbons (Fsp3) is 0.100. The zero-order valence-corrected chi connectivity index (χ0v) is 7.41. The second-order valence-corrected chi connectivity index (χ2v) is 2.85. The second-order valence-electron chi connectivity index (χ2n) is 2.85. The normalized spacial score (nSPS) is 10.2. The molecule has 1 aromatic carbocycles. The molecule has 0 unspecified atom stereocenters. The Morgan fingerprint density at radius 1 is 1.31 bits per heavy atom. The number of nitrogens with zero attached hydrogens (tertiary/aromatic N) is 1. The number of nitrogens with one attached hydrogen (secondary N) is 1. The number of hydrogen-bond acceptors (Lipinski definition) is 3. The number of nitrogen functional groups attached to an aromatic ring is 1. The summed E-state index contributed by atoms with van der Waals surface area (Å²) in [6.45, 7) is 0. The van der Waals surface area contributed by atoms with E-state index in [-0.39, 0.29) is 0 Å². The van der Waals surface area contributed by atoms with E-state index in [0.717, 1.165) is 16.6 Å². The van der Waals surface area contributed by atoms with Gasteiger partial charge in [-0.15, -0.1) is 0 Å². The van der Waals surface area contributed by atoms with Gasteiger partial charge in [-0.1, -0.05) is 12.1 Å². The fourth-order valence-corrected chi connectivity index (χ4v) is 1.39. The summed E-state index contributed by atoms with van der Waals surface area (Å²) in [6.07, 6.45) is 1.75. The minimum Gasteiger partial charge on any atom is -0.395 e.